The Morgan fingerprint density at radius 3 is 2.19 bits per heavy atom. The topological polar surface area (TPSA) is 85.8 Å². The van der Waals surface area contributed by atoms with Crippen LogP contribution in [0.4, 0.5) is 0 Å². The van der Waals surface area contributed by atoms with Gasteiger partial charge in [0.05, 0.1) is 6.54 Å². The molecule has 0 atom stereocenters. The standard InChI is InChI=1S/C20H25N5O/c1-3-24(4-2)19(18-12-10-17(15-26)11-13-18)23-25(20(21)22)14-16-8-6-5-7-9-16/h5-13,15H,3-4,14H2,1-2H3,(H3,21,22). The van der Waals surface area contributed by atoms with Crippen LogP contribution >= 0.6 is 0 Å². The molecule has 2 aromatic rings. The third kappa shape index (κ3) is 4.92. The van der Waals surface area contributed by atoms with Gasteiger partial charge in [0.1, 0.15) is 6.29 Å². The second kappa shape index (κ2) is 9.36. The molecule has 2 aromatic carbocycles. The van der Waals surface area contributed by atoms with E-state index in [-0.39, 0.29) is 5.96 Å². The molecule has 0 aliphatic rings. The number of carbonyl (C=O) groups is 1. The number of amidine groups is 1. The van der Waals surface area contributed by atoms with E-state index in [4.69, 9.17) is 11.1 Å². The lowest BCUT2D eigenvalue weighted by atomic mass is 10.1. The van der Waals surface area contributed by atoms with Crippen LogP contribution in [0.25, 0.3) is 0 Å². The van der Waals surface area contributed by atoms with Crippen molar-refractivity contribution in [2.24, 2.45) is 10.8 Å². The van der Waals surface area contributed by atoms with Crippen molar-refractivity contribution in [3.05, 3.63) is 71.3 Å². The van der Waals surface area contributed by atoms with Gasteiger partial charge in [-0.05, 0) is 19.4 Å². The number of aldehydes is 1. The van der Waals surface area contributed by atoms with E-state index in [9.17, 15) is 4.79 Å². The molecular weight excluding hydrogens is 326 g/mol. The van der Waals surface area contributed by atoms with Gasteiger partial charge in [0.2, 0.25) is 5.96 Å². The highest BCUT2D eigenvalue weighted by molar-refractivity contribution is 5.99. The van der Waals surface area contributed by atoms with Gasteiger partial charge in [0.25, 0.3) is 0 Å². The lowest BCUT2D eigenvalue weighted by Gasteiger charge is -2.26. The van der Waals surface area contributed by atoms with Gasteiger partial charge >= 0.3 is 0 Å². The average molecular weight is 351 g/mol. The lowest BCUT2D eigenvalue weighted by molar-refractivity contribution is 0.112. The molecular formula is C20H25N5O. The van der Waals surface area contributed by atoms with Crippen molar-refractivity contribution in [1.29, 1.82) is 5.41 Å². The van der Waals surface area contributed by atoms with Crippen molar-refractivity contribution >= 4 is 18.1 Å². The molecule has 136 valence electrons. The van der Waals surface area contributed by atoms with E-state index in [1.54, 1.807) is 12.1 Å². The van der Waals surface area contributed by atoms with Crippen LogP contribution in [0.2, 0.25) is 0 Å². The molecule has 0 radical (unpaired) electrons. The summed E-state index contributed by atoms with van der Waals surface area (Å²) in [5, 5.41) is 14.1. The van der Waals surface area contributed by atoms with Crippen LogP contribution in [0.5, 0.6) is 0 Å². The van der Waals surface area contributed by atoms with Crippen LogP contribution < -0.4 is 5.73 Å². The van der Waals surface area contributed by atoms with Gasteiger partial charge in [-0.3, -0.25) is 10.2 Å². The van der Waals surface area contributed by atoms with Gasteiger partial charge < -0.3 is 10.6 Å². The Morgan fingerprint density at radius 1 is 1.08 bits per heavy atom. The smallest absolute Gasteiger partial charge is 0.209 e. The van der Waals surface area contributed by atoms with Gasteiger partial charge in [0.15, 0.2) is 5.84 Å². The number of hydrogen-bond acceptors (Lipinski definition) is 3. The summed E-state index contributed by atoms with van der Waals surface area (Å²) < 4.78 is 0. The summed E-state index contributed by atoms with van der Waals surface area (Å²) >= 11 is 0. The Kier molecular flexibility index (Phi) is 6.91. The third-order valence-corrected chi connectivity index (χ3v) is 4.04. The fourth-order valence-corrected chi connectivity index (χ4v) is 2.58. The summed E-state index contributed by atoms with van der Waals surface area (Å²) in [4.78, 5) is 13.0. The maximum atomic E-state index is 10.9. The number of nitrogens with zero attached hydrogens (tertiary/aromatic N) is 3. The first-order chi connectivity index (χ1) is 12.6. The summed E-state index contributed by atoms with van der Waals surface area (Å²) in [6, 6.07) is 17.0. The quantitative estimate of drug-likeness (QED) is 0.348. The van der Waals surface area contributed by atoms with E-state index < -0.39 is 0 Å². The Hall–Kier alpha value is -3.15. The molecule has 0 unspecified atom stereocenters. The molecule has 0 spiro atoms. The van der Waals surface area contributed by atoms with Gasteiger partial charge in [0, 0.05) is 24.2 Å². The van der Waals surface area contributed by atoms with E-state index in [0.717, 1.165) is 36.3 Å². The highest BCUT2D eigenvalue weighted by Gasteiger charge is 2.15. The second-order valence-electron chi connectivity index (χ2n) is 5.76. The van der Waals surface area contributed by atoms with E-state index in [1.165, 1.54) is 5.01 Å². The molecule has 0 amide bonds. The number of carbonyl (C=O) groups excluding carboxylic acids is 1. The van der Waals surface area contributed by atoms with Crippen LogP contribution in [0.3, 0.4) is 0 Å². The van der Waals surface area contributed by atoms with Crippen molar-refractivity contribution in [2.45, 2.75) is 20.4 Å². The van der Waals surface area contributed by atoms with Gasteiger partial charge in [-0.15, -0.1) is 0 Å². The number of nitrogens with two attached hydrogens (primary N) is 1. The number of benzene rings is 2. The number of rotatable bonds is 7. The molecule has 0 saturated carbocycles. The van der Waals surface area contributed by atoms with Crippen molar-refractivity contribution in [3.63, 3.8) is 0 Å². The summed E-state index contributed by atoms with van der Waals surface area (Å²) in [7, 11) is 0. The molecule has 3 N–H and O–H groups in total. The molecule has 0 heterocycles. The summed E-state index contributed by atoms with van der Waals surface area (Å²) in [6.07, 6.45) is 0.815. The predicted molar refractivity (Wildman–Crippen MR) is 105 cm³/mol. The van der Waals surface area contributed by atoms with Crippen LogP contribution in [-0.2, 0) is 6.54 Å². The largest absolute Gasteiger partial charge is 0.369 e. The van der Waals surface area contributed by atoms with Crippen LogP contribution in [0.15, 0.2) is 59.7 Å². The Morgan fingerprint density at radius 2 is 1.69 bits per heavy atom. The fraction of sp³-hybridized carbons (Fsp3) is 0.250. The van der Waals surface area contributed by atoms with E-state index in [1.807, 2.05) is 56.3 Å². The summed E-state index contributed by atoms with van der Waals surface area (Å²) in [5.74, 6) is 0.599. The molecule has 0 saturated heterocycles. The van der Waals surface area contributed by atoms with Crippen LogP contribution in [-0.4, -0.2) is 41.1 Å². The monoisotopic (exact) mass is 351 g/mol. The second-order valence-corrected chi connectivity index (χ2v) is 5.76. The predicted octanol–water partition coefficient (Wildman–Crippen LogP) is 2.90. The number of nitrogens with one attached hydrogen (secondary N) is 1. The minimum atomic E-state index is -0.122. The molecule has 0 aromatic heterocycles. The first kappa shape index (κ1) is 19.2. The van der Waals surface area contributed by atoms with E-state index >= 15 is 0 Å². The molecule has 26 heavy (non-hydrogen) atoms. The zero-order chi connectivity index (χ0) is 18.9. The molecule has 0 aliphatic heterocycles. The van der Waals surface area contributed by atoms with E-state index in [2.05, 4.69) is 10.0 Å². The SMILES string of the molecule is CCN(CC)C(=NN(Cc1ccccc1)C(=N)N)c1ccc(C=O)cc1. The summed E-state index contributed by atoms with van der Waals surface area (Å²) in [5.41, 5.74) is 8.28. The average Bonchev–Trinajstić information content (AvgIpc) is 2.68. The van der Waals surface area contributed by atoms with Crippen LogP contribution in [0.1, 0.15) is 35.3 Å². The fourth-order valence-electron chi connectivity index (χ4n) is 2.58. The van der Waals surface area contributed by atoms with Crippen LogP contribution in [0, 0.1) is 5.41 Å². The Bertz CT molecular complexity index is 752. The first-order valence-electron chi connectivity index (χ1n) is 8.63. The molecule has 6 heteroatoms. The van der Waals surface area contributed by atoms with Crippen molar-refractivity contribution < 1.29 is 4.79 Å². The molecule has 0 fully saturated rings. The molecule has 0 aliphatic carbocycles. The van der Waals surface area contributed by atoms with Crippen molar-refractivity contribution in [3.8, 4) is 0 Å². The minimum Gasteiger partial charge on any atom is -0.369 e. The molecule has 2 rings (SSSR count). The maximum Gasteiger partial charge on any atom is 0.209 e. The minimum absolute atomic E-state index is 0.122. The first-order valence-corrected chi connectivity index (χ1v) is 8.63. The molecule has 6 nitrogen and oxygen atoms in total. The normalized spacial score (nSPS) is 11.1. The Balaban J connectivity index is 2.42. The van der Waals surface area contributed by atoms with Crippen molar-refractivity contribution in [2.75, 3.05) is 13.1 Å². The van der Waals surface area contributed by atoms with Gasteiger partial charge in [-0.25, -0.2) is 5.01 Å². The lowest BCUT2D eigenvalue weighted by Crippen LogP contribution is -2.38. The number of hydrazone groups is 1. The van der Waals surface area contributed by atoms with Gasteiger partial charge in [-0.1, -0.05) is 54.6 Å². The molecule has 0 bridgehead atoms. The number of guanidine groups is 1. The van der Waals surface area contributed by atoms with Gasteiger partial charge in [-0.2, -0.15) is 5.10 Å². The highest BCUT2D eigenvalue weighted by atomic mass is 16.1. The Labute approximate surface area is 154 Å². The summed E-state index contributed by atoms with van der Waals surface area (Å²) in [6.45, 7) is 6.04. The van der Waals surface area contributed by atoms with Crippen molar-refractivity contribution in [1.82, 2.24) is 9.91 Å². The van der Waals surface area contributed by atoms with E-state index in [0.29, 0.717) is 12.1 Å². The highest BCUT2D eigenvalue weighted by Crippen LogP contribution is 2.12. The third-order valence-electron chi connectivity index (χ3n) is 4.04. The maximum absolute atomic E-state index is 10.9. The zero-order valence-corrected chi connectivity index (χ0v) is 15.2. The number of hydrogen-bond donors (Lipinski definition) is 2. The zero-order valence-electron chi connectivity index (χ0n) is 15.2.